The van der Waals surface area contributed by atoms with Crippen molar-refractivity contribution in [2.24, 2.45) is 4.99 Å². The average Bonchev–Trinajstić information content (AvgIpc) is 3.21. The topological polar surface area (TPSA) is 132 Å². The summed E-state index contributed by atoms with van der Waals surface area (Å²) in [6, 6.07) is 3.44. The van der Waals surface area contributed by atoms with E-state index in [1.807, 2.05) is 55.4 Å². The fraction of sp³-hybridized carbons (Fsp3) is 0.600. The average molecular weight is 560 g/mol. The van der Waals surface area contributed by atoms with Gasteiger partial charge in [-0.1, -0.05) is 55.4 Å². The summed E-state index contributed by atoms with van der Waals surface area (Å²) in [5.74, 6) is -0.656. The number of imidazole rings is 1. The number of hydrogen-bond donors (Lipinski definition) is 2. The molecule has 1 aromatic carbocycles. The van der Waals surface area contributed by atoms with E-state index in [1.165, 1.54) is 11.5 Å². The van der Waals surface area contributed by atoms with Crippen molar-refractivity contribution in [2.45, 2.75) is 111 Å². The van der Waals surface area contributed by atoms with Crippen LogP contribution in [0.2, 0.25) is 0 Å². The number of aromatic hydroxyl groups is 1. The minimum Gasteiger partial charge on any atom is -0.507 e. The highest BCUT2D eigenvalue weighted by molar-refractivity contribution is 5.96. The van der Waals surface area contributed by atoms with Crippen LogP contribution in [0.1, 0.15) is 103 Å². The minimum atomic E-state index is -0.988. The summed E-state index contributed by atoms with van der Waals surface area (Å²) >= 11 is 0. The number of rotatable bonds is 10. The van der Waals surface area contributed by atoms with Crippen molar-refractivity contribution in [3.63, 3.8) is 0 Å². The predicted molar refractivity (Wildman–Crippen MR) is 151 cm³/mol. The molecule has 0 aliphatic rings. The number of carbonyl (C=O) groups is 3. The molecule has 0 atom stereocenters. The Bertz CT molecular complexity index is 1250. The van der Waals surface area contributed by atoms with Crippen LogP contribution in [0.4, 0.5) is 4.79 Å². The normalized spacial score (nSPS) is 12.9. The third kappa shape index (κ3) is 8.55. The number of amides is 1. The molecule has 0 aliphatic carbocycles. The maximum Gasteiger partial charge on any atom is 0.439 e. The fourth-order valence-electron chi connectivity index (χ4n) is 4.28. The second kappa shape index (κ2) is 12.8. The van der Waals surface area contributed by atoms with Gasteiger partial charge in [0, 0.05) is 42.6 Å². The third-order valence-electron chi connectivity index (χ3n) is 7.07. The highest BCUT2D eigenvalue weighted by Crippen LogP contribution is 2.39. The lowest BCUT2D eigenvalue weighted by Crippen LogP contribution is -2.33. The summed E-state index contributed by atoms with van der Waals surface area (Å²) in [7, 11) is 0. The Morgan fingerprint density at radius 3 is 1.90 bits per heavy atom. The van der Waals surface area contributed by atoms with Crippen molar-refractivity contribution in [3.8, 4) is 5.75 Å². The molecule has 0 radical (unpaired) electrons. The van der Waals surface area contributed by atoms with Crippen molar-refractivity contribution in [1.82, 2.24) is 9.13 Å². The molecule has 1 aromatic heterocycles. The molecule has 0 bridgehead atoms. The number of benzene rings is 1. The van der Waals surface area contributed by atoms with E-state index in [4.69, 9.17) is 4.74 Å². The molecular formula is C30H45N3O7. The van der Waals surface area contributed by atoms with Crippen molar-refractivity contribution in [1.29, 1.82) is 0 Å². The van der Waals surface area contributed by atoms with Gasteiger partial charge in [0.1, 0.15) is 5.75 Å². The standard InChI is InChI=1S/C30H45N3O7/c1-10-30(38,11-2)12-13-32-14-15-33(26(32)31-27(37)40-19-39-20(3)34)18-24(35)21-16-22(28(4,5)6)25(36)23(17-21)29(7,8)9/h14-17,36,38H,10-13,18-19H2,1-9H3/b31-26-. The predicted octanol–water partition coefficient (Wildman–Crippen LogP) is 4.97. The Labute approximate surface area is 236 Å². The number of aromatic nitrogens is 2. The number of phenols is 1. The van der Waals surface area contributed by atoms with Gasteiger partial charge in [0.15, 0.2) is 5.78 Å². The zero-order valence-corrected chi connectivity index (χ0v) is 25.3. The van der Waals surface area contributed by atoms with Crippen LogP contribution in [0.5, 0.6) is 5.75 Å². The number of esters is 1. The third-order valence-corrected chi connectivity index (χ3v) is 7.07. The fourth-order valence-corrected chi connectivity index (χ4v) is 4.28. The van der Waals surface area contributed by atoms with Gasteiger partial charge in [-0.25, -0.2) is 4.79 Å². The zero-order valence-electron chi connectivity index (χ0n) is 25.3. The molecule has 1 amide bonds. The van der Waals surface area contributed by atoms with E-state index in [0.29, 0.717) is 42.5 Å². The Morgan fingerprint density at radius 1 is 0.900 bits per heavy atom. The molecule has 0 saturated heterocycles. The quantitative estimate of drug-likeness (QED) is 0.239. The zero-order chi connectivity index (χ0) is 30.5. The molecule has 40 heavy (non-hydrogen) atoms. The van der Waals surface area contributed by atoms with Crippen molar-refractivity contribution >= 4 is 17.8 Å². The first kappa shape index (κ1) is 32.8. The lowest BCUT2D eigenvalue weighted by molar-refractivity contribution is -0.148. The smallest absolute Gasteiger partial charge is 0.439 e. The van der Waals surface area contributed by atoms with Gasteiger partial charge in [0.25, 0.3) is 0 Å². The summed E-state index contributed by atoms with van der Waals surface area (Å²) in [4.78, 5) is 41.1. The highest BCUT2D eigenvalue weighted by atomic mass is 16.7. The van der Waals surface area contributed by atoms with Gasteiger partial charge in [-0.15, -0.1) is 4.99 Å². The van der Waals surface area contributed by atoms with Crippen LogP contribution in [0, 0.1) is 0 Å². The van der Waals surface area contributed by atoms with E-state index >= 15 is 0 Å². The number of aryl methyl sites for hydroxylation is 1. The molecule has 10 heteroatoms. The van der Waals surface area contributed by atoms with Crippen LogP contribution >= 0.6 is 0 Å². The van der Waals surface area contributed by atoms with Gasteiger partial charge in [-0.2, -0.15) is 0 Å². The summed E-state index contributed by atoms with van der Waals surface area (Å²) in [6.45, 7) is 16.5. The largest absolute Gasteiger partial charge is 0.507 e. The first-order chi connectivity index (χ1) is 18.4. The Hall–Kier alpha value is -3.40. The molecule has 0 unspecified atom stereocenters. The maximum atomic E-state index is 13.6. The summed E-state index contributed by atoms with van der Waals surface area (Å²) in [6.07, 6.45) is 3.88. The SMILES string of the molecule is CCC(O)(CC)CCn1ccn(CC(=O)c2cc(C(C)(C)C)c(O)c(C(C)(C)C)c2)/c1=N\C(=O)OCOC(C)=O. The lowest BCUT2D eigenvalue weighted by atomic mass is 9.78. The summed E-state index contributed by atoms with van der Waals surface area (Å²) in [5, 5.41) is 21.8. The van der Waals surface area contributed by atoms with Gasteiger partial charge in [-0.05, 0) is 42.2 Å². The first-order valence-corrected chi connectivity index (χ1v) is 13.7. The molecule has 2 rings (SSSR count). The number of ketones is 1. The second-order valence-corrected chi connectivity index (χ2v) is 12.2. The summed E-state index contributed by atoms with van der Waals surface area (Å²) < 4.78 is 12.8. The Balaban J connectivity index is 2.53. The van der Waals surface area contributed by atoms with Crippen LogP contribution < -0.4 is 5.62 Å². The maximum absolute atomic E-state index is 13.6. The van der Waals surface area contributed by atoms with E-state index in [2.05, 4.69) is 9.73 Å². The van der Waals surface area contributed by atoms with Gasteiger partial charge in [0.05, 0.1) is 12.1 Å². The number of phenolic OH excluding ortho intramolecular Hbond substituents is 1. The first-order valence-electron chi connectivity index (χ1n) is 13.7. The number of aliphatic hydroxyl groups is 1. The van der Waals surface area contributed by atoms with Crippen molar-refractivity contribution in [2.75, 3.05) is 6.79 Å². The van der Waals surface area contributed by atoms with E-state index in [9.17, 15) is 24.6 Å². The molecule has 10 nitrogen and oxygen atoms in total. The molecule has 2 aromatic rings. The van der Waals surface area contributed by atoms with Crippen molar-refractivity contribution in [3.05, 3.63) is 46.8 Å². The molecule has 0 saturated carbocycles. The Kier molecular flexibility index (Phi) is 10.5. The van der Waals surface area contributed by atoms with Crippen LogP contribution in [0.3, 0.4) is 0 Å². The van der Waals surface area contributed by atoms with E-state index in [-0.39, 0.29) is 23.7 Å². The van der Waals surface area contributed by atoms with E-state index in [1.54, 1.807) is 29.1 Å². The second-order valence-electron chi connectivity index (χ2n) is 12.2. The number of Topliss-reactive ketones (excluding diaryl/α,β-unsaturated/α-hetero) is 1. The van der Waals surface area contributed by atoms with E-state index in [0.717, 1.165) is 0 Å². The van der Waals surface area contributed by atoms with Crippen LogP contribution in [-0.2, 0) is 38.2 Å². The molecular weight excluding hydrogens is 514 g/mol. The lowest BCUT2D eigenvalue weighted by Gasteiger charge is -2.28. The number of nitrogens with zero attached hydrogens (tertiary/aromatic N) is 3. The molecule has 2 N–H and O–H groups in total. The Morgan fingerprint density at radius 2 is 1.43 bits per heavy atom. The molecule has 1 heterocycles. The van der Waals surface area contributed by atoms with Crippen LogP contribution in [0.25, 0.3) is 0 Å². The number of hydrogen-bond acceptors (Lipinski definition) is 7. The minimum absolute atomic E-state index is 0.132. The van der Waals surface area contributed by atoms with Gasteiger partial charge in [-0.3, -0.25) is 9.59 Å². The highest BCUT2D eigenvalue weighted by Gasteiger charge is 2.28. The molecule has 0 spiro atoms. The van der Waals surface area contributed by atoms with Gasteiger partial charge >= 0.3 is 12.1 Å². The van der Waals surface area contributed by atoms with Crippen LogP contribution in [0.15, 0.2) is 29.5 Å². The molecule has 0 aliphatic heterocycles. The summed E-state index contributed by atoms with van der Waals surface area (Å²) in [5.41, 5.74) is 0.240. The van der Waals surface area contributed by atoms with Crippen molar-refractivity contribution < 1.29 is 34.1 Å². The monoisotopic (exact) mass is 559 g/mol. The van der Waals surface area contributed by atoms with Crippen LogP contribution in [-0.4, -0.2) is 49.6 Å². The molecule has 222 valence electrons. The van der Waals surface area contributed by atoms with E-state index < -0.39 is 35.3 Å². The number of carbonyl (C=O) groups excluding carboxylic acids is 3. The van der Waals surface area contributed by atoms with Gasteiger partial charge < -0.3 is 28.8 Å². The molecule has 0 fully saturated rings. The van der Waals surface area contributed by atoms with Gasteiger partial charge in [0.2, 0.25) is 12.4 Å². The number of ether oxygens (including phenoxy) is 2.